The van der Waals surface area contributed by atoms with Crippen LogP contribution < -0.4 is 15.4 Å². The zero-order valence-corrected chi connectivity index (χ0v) is 18.2. The summed E-state index contributed by atoms with van der Waals surface area (Å²) in [5.74, 6) is -0.137. The van der Waals surface area contributed by atoms with Gasteiger partial charge in [0.25, 0.3) is 0 Å². The first-order chi connectivity index (χ1) is 14.4. The lowest BCUT2D eigenvalue weighted by atomic mass is 10.2. The topological polar surface area (TPSA) is 80.3 Å². The molecule has 2 aromatic carbocycles. The van der Waals surface area contributed by atoms with Gasteiger partial charge in [-0.2, -0.15) is 0 Å². The Morgan fingerprint density at radius 2 is 1.83 bits per heavy atom. The lowest BCUT2D eigenvalue weighted by Crippen LogP contribution is -2.15. The first-order valence-corrected chi connectivity index (χ1v) is 10.9. The number of methoxy groups -OCH3 is 1. The van der Waals surface area contributed by atoms with Gasteiger partial charge in [-0.05, 0) is 42.5 Å². The van der Waals surface area contributed by atoms with Crippen LogP contribution in [0.4, 0.5) is 15.8 Å². The molecule has 0 saturated carbocycles. The molecule has 0 aliphatic carbocycles. The second kappa shape index (κ2) is 10.4. The summed E-state index contributed by atoms with van der Waals surface area (Å²) in [4.78, 5) is 28.6. The van der Waals surface area contributed by atoms with E-state index in [0.717, 1.165) is 0 Å². The average molecular weight is 466 g/mol. The number of halogens is 2. The van der Waals surface area contributed by atoms with Crippen molar-refractivity contribution in [2.45, 2.75) is 10.8 Å². The van der Waals surface area contributed by atoms with Crippen LogP contribution in [0.5, 0.6) is 5.75 Å². The Hall–Kier alpha value is -2.62. The number of thioether (sulfide) groups is 1. The Balaban J connectivity index is 1.47. The maximum atomic E-state index is 12.9. The van der Waals surface area contributed by atoms with Gasteiger partial charge in [0.15, 0.2) is 4.34 Å². The maximum Gasteiger partial charge on any atom is 0.234 e. The van der Waals surface area contributed by atoms with Crippen molar-refractivity contribution >= 4 is 57.9 Å². The molecule has 0 aliphatic rings. The van der Waals surface area contributed by atoms with Crippen molar-refractivity contribution in [3.8, 4) is 5.75 Å². The summed E-state index contributed by atoms with van der Waals surface area (Å²) in [5.41, 5.74) is 1.70. The molecule has 0 spiro atoms. The van der Waals surface area contributed by atoms with E-state index in [9.17, 15) is 14.0 Å². The molecule has 3 aromatic rings. The minimum Gasteiger partial charge on any atom is -0.495 e. The third kappa shape index (κ3) is 6.45. The molecule has 1 heterocycles. The molecular weight excluding hydrogens is 449 g/mol. The van der Waals surface area contributed by atoms with Crippen LogP contribution in [-0.4, -0.2) is 29.7 Å². The number of nitrogens with zero attached hydrogens (tertiary/aromatic N) is 1. The van der Waals surface area contributed by atoms with Gasteiger partial charge in [-0.3, -0.25) is 9.59 Å². The van der Waals surface area contributed by atoms with Crippen LogP contribution in [0.1, 0.15) is 5.69 Å². The molecule has 0 aliphatic heterocycles. The number of aromatic nitrogens is 1. The van der Waals surface area contributed by atoms with Crippen molar-refractivity contribution in [2.24, 2.45) is 0 Å². The number of carbonyl (C=O) groups excluding carboxylic acids is 2. The fourth-order valence-electron chi connectivity index (χ4n) is 2.41. The molecule has 0 radical (unpaired) electrons. The fourth-order valence-corrected chi connectivity index (χ4v) is 4.31. The van der Waals surface area contributed by atoms with E-state index < -0.39 is 0 Å². The van der Waals surface area contributed by atoms with Crippen molar-refractivity contribution in [2.75, 3.05) is 23.5 Å². The molecule has 0 saturated heterocycles. The standard InChI is InChI=1S/C20H17ClFN3O3S2/c1-28-17-7-6-14(8-16(17)21)24-18(26)9-15-10-29-20(25-15)30-11-19(27)23-13-4-2-12(22)3-5-13/h2-8,10H,9,11H2,1H3,(H,23,27)(H,24,26). The number of hydrogen-bond acceptors (Lipinski definition) is 6. The van der Waals surface area contributed by atoms with Crippen molar-refractivity contribution in [1.29, 1.82) is 0 Å². The lowest BCUT2D eigenvalue weighted by molar-refractivity contribution is -0.116. The SMILES string of the molecule is COc1ccc(NC(=O)Cc2csc(SCC(=O)Nc3ccc(F)cc3)n2)cc1Cl. The quantitative estimate of drug-likeness (QED) is 0.464. The first-order valence-electron chi connectivity index (χ1n) is 8.69. The highest BCUT2D eigenvalue weighted by molar-refractivity contribution is 8.01. The Morgan fingerprint density at radius 1 is 1.13 bits per heavy atom. The predicted molar refractivity (Wildman–Crippen MR) is 118 cm³/mol. The van der Waals surface area contributed by atoms with Gasteiger partial charge in [0.2, 0.25) is 11.8 Å². The average Bonchev–Trinajstić information content (AvgIpc) is 3.15. The Bertz CT molecular complexity index is 1040. The van der Waals surface area contributed by atoms with Crippen molar-refractivity contribution in [3.63, 3.8) is 0 Å². The third-order valence-electron chi connectivity index (χ3n) is 3.76. The van der Waals surface area contributed by atoms with Crippen LogP contribution >= 0.6 is 34.7 Å². The predicted octanol–water partition coefficient (Wildman–Crippen LogP) is 4.86. The van der Waals surface area contributed by atoms with Gasteiger partial charge >= 0.3 is 0 Å². The van der Waals surface area contributed by atoms with Crippen LogP contribution in [0.25, 0.3) is 0 Å². The second-order valence-corrected chi connectivity index (χ2v) is 8.51. The van der Waals surface area contributed by atoms with E-state index in [-0.39, 0.29) is 29.8 Å². The maximum absolute atomic E-state index is 12.9. The van der Waals surface area contributed by atoms with Gasteiger partial charge in [0.05, 0.1) is 30.0 Å². The smallest absolute Gasteiger partial charge is 0.234 e. The number of anilines is 2. The van der Waals surface area contributed by atoms with Crippen LogP contribution in [0, 0.1) is 5.82 Å². The highest BCUT2D eigenvalue weighted by Gasteiger charge is 2.11. The number of amides is 2. The molecule has 0 atom stereocenters. The molecule has 3 rings (SSSR count). The molecule has 1 aromatic heterocycles. The van der Waals surface area contributed by atoms with Crippen LogP contribution in [0.3, 0.4) is 0 Å². The minimum absolute atomic E-state index is 0.0997. The number of ether oxygens (including phenoxy) is 1. The largest absolute Gasteiger partial charge is 0.495 e. The van der Waals surface area contributed by atoms with Crippen molar-refractivity contribution in [3.05, 3.63) is 64.4 Å². The van der Waals surface area contributed by atoms with Gasteiger partial charge in [-0.25, -0.2) is 9.37 Å². The molecule has 0 fully saturated rings. The highest BCUT2D eigenvalue weighted by atomic mass is 35.5. The van der Waals surface area contributed by atoms with Gasteiger partial charge in [-0.15, -0.1) is 11.3 Å². The first kappa shape index (κ1) is 22.1. The summed E-state index contributed by atoms with van der Waals surface area (Å²) in [6.45, 7) is 0. The second-order valence-electron chi connectivity index (χ2n) is 6.02. The molecule has 2 N–H and O–H groups in total. The Morgan fingerprint density at radius 3 is 2.53 bits per heavy atom. The van der Waals surface area contributed by atoms with E-state index in [2.05, 4.69) is 15.6 Å². The number of carbonyl (C=O) groups is 2. The lowest BCUT2D eigenvalue weighted by Gasteiger charge is -2.07. The Kier molecular flexibility index (Phi) is 7.67. The van der Waals surface area contributed by atoms with E-state index in [1.165, 1.54) is 54.5 Å². The highest BCUT2D eigenvalue weighted by Crippen LogP contribution is 2.27. The van der Waals surface area contributed by atoms with Crippen LogP contribution in [0.15, 0.2) is 52.2 Å². The third-order valence-corrected chi connectivity index (χ3v) is 6.13. The van der Waals surface area contributed by atoms with Gasteiger partial charge in [-0.1, -0.05) is 23.4 Å². The summed E-state index contributed by atoms with van der Waals surface area (Å²) >= 11 is 8.68. The summed E-state index contributed by atoms with van der Waals surface area (Å²) in [5, 5.41) is 7.63. The molecule has 10 heteroatoms. The normalized spacial score (nSPS) is 10.5. The number of benzene rings is 2. The van der Waals surface area contributed by atoms with Crippen LogP contribution in [-0.2, 0) is 16.0 Å². The van der Waals surface area contributed by atoms with E-state index in [4.69, 9.17) is 16.3 Å². The number of thiazole rings is 1. The zero-order valence-electron chi connectivity index (χ0n) is 15.8. The van der Waals surface area contributed by atoms with Gasteiger partial charge in [0, 0.05) is 16.8 Å². The molecule has 30 heavy (non-hydrogen) atoms. The summed E-state index contributed by atoms with van der Waals surface area (Å²) < 4.78 is 18.7. The molecule has 2 amide bonds. The van der Waals surface area contributed by atoms with E-state index in [1.54, 1.807) is 23.6 Å². The van der Waals surface area contributed by atoms with Crippen LogP contribution in [0.2, 0.25) is 5.02 Å². The van der Waals surface area contributed by atoms with E-state index in [1.807, 2.05) is 0 Å². The van der Waals surface area contributed by atoms with E-state index >= 15 is 0 Å². The monoisotopic (exact) mass is 465 g/mol. The number of hydrogen-bond donors (Lipinski definition) is 2. The van der Waals surface area contributed by atoms with Crippen molar-refractivity contribution < 1.29 is 18.7 Å². The summed E-state index contributed by atoms with van der Waals surface area (Å²) in [6, 6.07) is 10.5. The van der Waals surface area contributed by atoms with Gasteiger partial charge < -0.3 is 15.4 Å². The summed E-state index contributed by atoms with van der Waals surface area (Å²) in [6.07, 6.45) is 0.0997. The summed E-state index contributed by atoms with van der Waals surface area (Å²) in [7, 11) is 1.52. The molecule has 6 nitrogen and oxygen atoms in total. The fraction of sp³-hybridized carbons (Fsp3) is 0.150. The molecule has 156 valence electrons. The minimum atomic E-state index is -0.364. The number of nitrogens with one attached hydrogen (secondary N) is 2. The molecule has 0 unspecified atom stereocenters. The number of rotatable bonds is 8. The van der Waals surface area contributed by atoms with Gasteiger partial charge in [0.1, 0.15) is 11.6 Å². The Labute approximate surface area is 185 Å². The van der Waals surface area contributed by atoms with Crippen molar-refractivity contribution in [1.82, 2.24) is 4.98 Å². The molecule has 0 bridgehead atoms. The van der Waals surface area contributed by atoms with E-state index in [0.29, 0.717) is 32.2 Å². The zero-order chi connectivity index (χ0) is 21.5. The molecular formula is C20H17ClFN3O3S2.